The molecule has 4 heterocycles. The lowest BCUT2D eigenvalue weighted by Gasteiger charge is -2.34. The molecule has 2 aromatic rings. The highest BCUT2D eigenvalue weighted by atomic mass is 16.5. The van der Waals surface area contributed by atoms with Crippen LogP contribution in [-0.4, -0.2) is 36.3 Å². The van der Waals surface area contributed by atoms with Crippen molar-refractivity contribution in [1.82, 2.24) is 19.1 Å². The van der Waals surface area contributed by atoms with E-state index in [1.165, 1.54) is 4.57 Å². The van der Waals surface area contributed by atoms with Gasteiger partial charge in [0.05, 0.1) is 12.0 Å². The Morgan fingerprint density at radius 3 is 2.57 bits per heavy atom. The van der Waals surface area contributed by atoms with E-state index in [9.17, 15) is 19.5 Å². The van der Waals surface area contributed by atoms with Crippen LogP contribution in [0.5, 0.6) is 0 Å². The Bertz CT molecular complexity index is 1040. The minimum absolute atomic E-state index is 0.318. The summed E-state index contributed by atoms with van der Waals surface area (Å²) in [6, 6.07) is 0. The van der Waals surface area contributed by atoms with E-state index in [0.717, 1.165) is 6.42 Å². The normalized spacial score (nSPS) is 26.8. The minimum Gasteiger partial charge on any atom is -0.481 e. The molecule has 0 aliphatic carbocycles. The number of rotatable bonds is 6. The number of carboxylic acid groups (broad SMARTS) is 1. The predicted octanol–water partition coefficient (Wildman–Crippen LogP) is 1.58. The van der Waals surface area contributed by atoms with Gasteiger partial charge in [0.1, 0.15) is 16.9 Å². The second-order valence-electron chi connectivity index (χ2n) is 7.85. The number of aryl methyl sites for hydroxylation is 1. The van der Waals surface area contributed by atoms with Gasteiger partial charge in [-0.3, -0.25) is 18.7 Å². The standard InChI is InChI=1S/C19H26N4O5/c1-3-9-22-14-13(15(24)23(10-4-2)18(22)27)20-17(21-14)19-7-5-11(16(25)26)12(28-19)6-8-19/h11-12H,3-10H2,1-2H3,(H,20,21)(H,25,26). The second kappa shape index (κ2) is 6.88. The summed E-state index contributed by atoms with van der Waals surface area (Å²) in [6.07, 6.45) is 3.43. The van der Waals surface area contributed by atoms with Gasteiger partial charge in [0.25, 0.3) is 5.56 Å². The Labute approximate surface area is 161 Å². The molecular weight excluding hydrogens is 364 g/mol. The lowest BCUT2D eigenvalue weighted by Crippen LogP contribution is -2.40. The van der Waals surface area contributed by atoms with Crippen molar-refractivity contribution < 1.29 is 14.6 Å². The van der Waals surface area contributed by atoms with Crippen LogP contribution in [0, 0.1) is 5.92 Å². The number of carboxylic acids is 1. The van der Waals surface area contributed by atoms with Crippen molar-refractivity contribution in [2.24, 2.45) is 5.92 Å². The molecule has 2 saturated heterocycles. The summed E-state index contributed by atoms with van der Waals surface area (Å²) in [5.74, 6) is -0.797. The van der Waals surface area contributed by atoms with Gasteiger partial charge in [-0.2, -0.15) is 0 Å². The van der Waals surface area contributed by atoms with E-state index in [1.54, 1.807) is 4.57 Å². The number of hydrogen-bond acceptors (Lipinski definition) is 5. The Morgan fingerprint density at radius 2 is 1.89 bits per heavy atom. The molecule has 3 unspecified atom stereocenters. The summed E-state index contributed by atoms with van der Waals surface area (Å²) in [6.45, 7) is 4.72. The number of nitrogens with one attached hydrogen (secondary N) is 1. The summed E-state index contributed by atoms with van der Waals surface area (Å²) in [5, 5.41) is 9.38. The van der Waals surface area contributed by atoms with Crippen LogP contribution in [-0.2, 0) is 28.2 Å². The van der Waals surface area contributed by atoms with Crippen LogP contribution in [0.15, 0.2) is 9.59 Å². The highest BCUT2D eigenvalue weighted by Crippen LogP contribution is 2.49. The molecule has 3 atom stereocenters. The molecule has 2 N–H and O–H groups in total. The first kappa shape index (κ1) is 18.9. The number of ether oxygens (including phenoxy) is 1. The number of H-pyrrole nitrogens is 1. The van der Waals surface area contributed by atoms with Crippen molar-refractivity contribution in [2.45, 2.75) is 77.2 Å². The highest BCUT2D eigenvalue weighted by molar-refractivity contribution is 5.72. The number of aromatic nitrogens is 4. The molecule has 4 rings (SSSR count). The number of fused-ring (bicyclic) bond motifs is 3. The van der Waals surface area contributed by atoms with E-state index in [0.29, 0.717) is 62.2 Å². The third-order valence-corrected chi connectivity index (χ3v) is 6.02. The molecule has 28 heavy (non-hydrogen) atoms. The van der Waals surface area contributed by atoms with Gasteiger partial charge in [-0.15, -0.1) is 0 Å². The van der Waals surface area contributed by atoms with Gasteiger partial charge in [-0.1, -0.05) is 13.8 Å². The number of carbonyl (C=O) groups is 1. The van der Waals surface area contributed by atoms with E-state index in [1.807, 2.05) is 13.8 Å². The third kappa shape index (κ3) is 2.71. The van der Waals surface area contributed by atoms with Crippen molar-refractivity contribution >= 4 is 17.1 Å². The molecular formula is C19H26N4O5. The SMILES string of the molecule is CCCn1c(=O)c2[nH]c(C34CCC(O3)C(C(=O)O)CC4)nc2n(CCC)c1=O. The molecule has 2 aliphatic rings. The van der Waals surface area contributed by atoms with Crippen molar-refractivity contribution in [2.75, 3.05) is 0 Å². The summed E-state index contributed by atoms with van der Waals surface area (Å²) >= 11 is 0. The van der Waals surface area contributed by atoms with Crippen molar-refractivity contribution in [3.63, 3.8) is 0 Å². The van der Waals surface area contributed by atoms with Crippen LogP contribution in [0.3, 0.4) is 0 Å². The lowest BCUT2D eigenvalue weighted by molar-refractivity contribution is -0.161. The van der Waals surface area contributed by atoms with Crippen molar-refractivity contribution in [1.29, 1.82) is 0 Å². The summed E-state index contributed by atoms with van der Waals surface area (Å²) < 4.78 is 8.97. The monoisotopic (exact) mass is 390 g/mol. The highest BCUT2D eigenvalue weighted by Gasteiger charge is 2.52. The van der Waals surface area contributed by atoms with Crippen LogP contribution >= 0.6 is 0 Å². The Hall–Kier alpha value is -2.42. The van der Waals surface area contributed by atoms with E-state index >= 15 is 0 Å². The van der Waals surface area contributed by atoms with Gasteiger partial charge in [0.15, 0.2) is 5.65 Å². The average Bonchev–Trinajstić information content (AvgIpc) is 3.25. The molecule has 9 nitrogen and oxygen atoms in total. The van der Waals surface area contributed by atoms with E-state index < -0.39 is 17.5 Å². The number of hydrogen-bond donors (Lipinski definition) is 2. The summed E-state index contributed by atoms with van der Waals surface area (Å²) in [7, 11) is 0. The maximum Gasteiger partial charge on any atom is 0.332 e. The Morgan fingerprint density at radius 1 is 1.21 bits per heavy atom. The summed E-state index contributed by atoms with van der Waals surface area (Å²) in [5.41, 5.74) is -0.723. The first-order valence-electron chi connectivity index (χ1n) is 10.1. The van der Waals surface area contributed by atoms with Gasteiger partial charge < -0.3 is 14.8 Å². The van der Waals surface area contributed by atoms with Crippen molar-refractivity contribution in [3.05, 3.63) is 26.7 Å². The first-order chi connectivity index (χ1) is 13.4. The Balaban J connectivity index is 1.84. The predicted molar refractivity (Wildman–Crippen MR) is 101 cm³/mol. The largest absolute Gasteiger partial charge is 0.481 e. The van der Waals surface area contributed by atoms with Crippen LogP contribution in [0.4, 0.5) is 0 Å². The smallest absolute Gasteiger partial charge is 0.332 e. The van der Waals surface area contributed by atoms with Crippen LogP contribution < -0.4 is 11.2 Å². The fourth-order valence-corrected chi connectivity index (χ4v) is 4.63. The molecule has 9 heteroatoms. The molecule has 0 saturated carbocycles. The lowest BCUT2D eigenvalue weighted by atomic mass is 9.89. The first-order valence-corrected chi connectivity index (χ1v) is 10.1. The molecule has 2 bridgehead atoms. The van der Waals surface area contributed by atoms with Gasteiger partial charge in [0.2, 0.25) is 0 Å². The van der Waals surface area contributed by atoms with E-state index in [-0.39, 0.29) is 17.4 Å². The van der Waals surface area contributed by atoms with Crippen LogP contribution in [0.2, 0.25) is 0 Å². The van der Waals surface area contributed by atoms with Crippen molar-refractivity contribution in [3.8, 4) is 0 Å². The quantitative estimate of drug-likeness (QED) is 0.773. The molecule has 2 aromatic heterocycles. The Kier molecular flexibility index (Phi) is 4.65. The molecule has 0 radical (unpaired) electrons. The number of nitrogens with zero attached hydrogens (tertiary/aromatic N) is 3. The number of aliphatic carboxylic acids is 1. The zero-order valence-corrected chi connectivity index (χ0v) is 16.2. The minimum atomic E-state index is -0.829. The topological polar surface area (TPSA) is 119 Å². The second-order valence-corrected chi connectivity index (χ2v) is 7.85. The molecule has 0 aromatic carbocycles. The third-order valence-electron chi connectivity index (χ3n) is 6.02. The number of aromatic amines is 1. The zero-order valence-electron chi connectivity index (χ0n) is 16.2. The average molecular weight is 390 g/mol. The molecule has 2 fully saturated rings. The number of imidazole rings is 1. The maximum atomic E-state index is 12.9. The van der Waals surface area contributed by atoms with Gasteiger partial charge in [0, 0.05) is 13.1 Å². The molecule has 2 aliphatic heterocycles. The molecule has 0 amide bonds. The van der Waals surface area contributed by atoms with Crippen LogP contribution in [0.1, 0.15) is 58.2 Å². The van der Waals surface area contributed by atoms with Gasteiger partial charge >= 0.3 is 11.7 Å². The maximum absolute atomic E-state index is 12.9. The molecule has 0 spiro atoms. The van der Waals surface area contributed by atoms with Crippen LogP contribution in [0.25, 0.3) is 11.2 Å². The van der Waals surface area contributed by atoms with Gasteiger partial charge in [-0.05, 0) is 38.5 Å². The fraction of sp³-hybridized carbons (Fsp3) is 0.684. The van der Waals surface area contributed by atoms with E-state index in [2.05, 4.69) is 9.97 Å². The molecule has 152 valence electrons. The summed E-state index contributed by atoms with van der Waals surface area (Å²) in [4.78, 5) is 44.9. The van der Waals surface area contributed by atoms with Gasteiger partial charge in [-0.25, -0.2) is 9.78 Å². The fourth-order valence-electron chi connectivity index (χ4n) is 4.63. The van der Waals surface area contributed by atoms with E-state index in [4.69, 9.17) is 4.74 Å². The zero-order chi connectivity index (χ0) is 20.1.